The maximum absolute atomic E-state index is 6.24. The van der Waals surface area contributed by atoms with Gasteiger partial charge in [0.1, 0.15) is 15.8 Å². The first-order valence-electron chi connectivity index (χ1n) is 6.10. The molecule has 5 heteroatoms. The van der Waals surface area contributed by atoms with Crippen LogP contribution in [0.3, 0.4) is 0 Å². The van der Waals surface area contributed by atoms with E-state index in [0.717, 1.165) is 28.0 Å². The Kier molecular flexibility index (Phi) is 3.44. The van der Waals surface area contributed by atoms with Crippen molar-refractivity contribution in [1.82, 2.24) is 15.0 Å². The van der Waals surface area contributed by atoms with Crippen LogP contribution in [0, 0.1) is 0 Å². The van der Waals surface area contributed by atoms with Crippen molar-refractivity contribution in [2.24, 2.45) is 0 Å². The van der Waals surface area contributed by atoms with Crippen molar-refractivity contribution in [2.75, 3.05) is 0 Å². The zero-order valence-electron chi connectivity index (χ0n) is 10.4. The van der Waals surface area contributed by atoms with E-state index >= 15 is 0 Å². The number of aromatic nitrogens is 3. The molecule has 0 amide bonds. The van der Waals surface area contributed by atoms with Crippen LogP contribution in [0.25, 0.3) is 10.2 Å². The van der Waals surface area contributed by atoms with Gasteiger partial charge in [0, 0.05) is 29.1 Å². The van der Waals surface area contributed by atoms with E-state index in [0.29, 0.717) is 11.6 Å². The zero-order chi connectivity index (χ0) is 13.2. The zero-order valence-corrected chi connectivity index (χ0v) is 12.0. The Morgan fingerprint density at radius 2 is 2.21 bits per heavy atom. The lowest BCUT2D eigenvalue weighted by molar-refractivity contribution is 0.988. The average molecular weight is 290 g/mol. The molecule has 0 aliphatic heterocycles. The van der Waals surface area contributed by atoms with Gasteiger partial charge >= 0.3 is 0 Å². The standard InChI is InChI=1S/C14H12ClN3S/c1-2-10-7-11-13(15)17-12(18-14(11)19-10)6-9-4-3-5-16-8-9/h3-5,7-8H,2,6H2,1H3. The van der Waals surface area contributed by atoms with Crippen molar-refractivity contribution >= 4 is 33.2 Å². The molecule has 0 unspecified atom stereocenters. The molecule has 3 heterocycles. The van der Waals surface area contributed by atoms with Crippen molar-refractivity contribution in [1.29, 1.82) is 0 Å². The lowest BCUT2D eigenvalue weighted by Crippen LogP contribution is -1.97. The van der Waals surface area contributed by atoms with Gasteiger partial charge in [-0.05, 0) is 24.1 Å². The van der Waals surface area contributed by atoms with Crippen molar-refractivity contribution in [3.05, 3.63) is 52.0 Å². The van der Waals surface area contributed by atoms with Gasteiger partial charge in [-0.2, -0.15) is 0 Å². The second kappa shape index (κ2) is 5.23. The molecule has 0 saturated carbocycles. The van der Waals surface area contributed by atoms with Gasteiger partial charge < -0.3 is 0 Å². The number of hydrogen-bond donors (Lipinski definition) is 0. The highest BCUT2D eigenvalue weighted by atomic mass is 35.5. The second-order valence-electron chi connectivity index (χ2n) is 4.25. The third-order valence-electron chi connectivity index (χ3n) is 2.88. The molecule has 0 atom stereocenters. The molecule has 19 heavy (non-hydrogen) atoms. The third-order valence-corrected chi connectivity index (χ3v) is 4.34. The van der Waals surface area contributed by atoms with Crippen LogP contribution in [0.2, 0.25) is 5.15 Å². The summed E-state index contributed by atoms with van der Waals surface area (Å²) < 4.78 is 0. The van der Waals surface area contributed by atoms with Gasteiger partial charge in [-0.1, -0.05) is 24.6 Å². The highest BCUT2D eigenvalue weighted by molar-refractivity contribution is 7.18. The highest BCUT2D eigenvalue weighted by Gasteiger charge is 2.10. The van der Waals surface area contributed by atoms with Gasteiger partial charge in [-0.15, -0.1) is 11.3 Å². The van der Waals surface area contributed by atoms with Crippen molar-refractivity contribution in [2.45, 2.75) is 19.8 Å². The molecule has 0 aliphatic carbocycles. The SMILES string of the molecule is CCc1cc2c(Cl)nc(Cc3cccnc3)nc2s1. The van der Waals surface area contributed by atoms with Gasteiger partial charge in [0.25, 0.3) is 0 Å². The van der Waals surface area contributed by atoms with Gasteiger partial charge in [0.2, 0.25) is 0 Å². The average Bonchev–Trinajstić information content (AvgIpc) is 2.83. The first-order valence-corrected chi connectivity index (χ1v) is 7.29. The van der Waals surface area contributed by atoms with E-state index in [1.807, 2.05) is 18.3 Å². The quantitative estimate of drug-likeness (QED) is 0.687. The summed E-state index contributed by atoms with van der Waals surface area (Å²) in [6, 6.07) is 6.01. The molecule has 0 spiro atoms. The number of aryl methyl sites for hydroxylation is 1. The van der Waals surface area contributed by atoms with Crippen LogP contribution < -0.4 is 0 Å². The lowest BCUT2D eigenvalue weighted by Gasteiger charge is -2.01. The molecule has 0 bridgehead atoms. The summed E-state index contributed by atoms with van der Waals surface area (Å²) in [5.74, 6) is 0.745. The Balaban J connectivity index is 2.01. The Labute approximate surface area is 120 Å². The number of fused-ring (bicyclic) bond motifs is 1. The number of nitrogens with zero attached hydrogens (tertiary/aromatic N) is 3. The molecule has 3 aromatic heterocycles. The Morgan fingerprint density at radius 3 is 2.95 bits per heavy atom. The van der Waals surface area contributed by atoms with Gasteiger partial charge in [-0.3, -0.25) is 4.98 Å². The normalized spacial score (nSPS) is 11.1. The second-order valence-corrected chi connectivity index (χ2v) is 5.73. The van der Waals surface area contributed by atoms with Crippen LogP contribution in [0.15, 0.2) is 30.6 Å². The van der Waals surface area contributed by atoms with E-state index in [1.165, 1.54) is 4.88 Å². The predicted octanol–water partition coefficient (Wildman–Crippen LogP) is 3.89. The van der Waals surface area contributed by atoms with Gasteiger partial charge in [-0.25, -0.2) is 9.97 Å². The van der Waals surface area contributed by atoms with Crippen LogP contribution in [0.1, 0.15) is 23.2 Å². The summed E-state index contributed by atoms with van der Waals surface area (Å²) in [4.78, 5) is 15.3. The lowest BCUT2D eigenvalue weighted by atomic mass is 10.2. The van der Waals surface area contributed by atoms with E-state index < -0.39 is 0 Å². The largest absolute Gasteiger partial charge is 0.264 e. The number of hydrogen-bond acceptors (Lipinski definition) is 4. The topological polar surface area (TPSA) is 38.7 Å². The first-order chi connectivity index (χ1) is 9.26. The monoisotopic (exact) mass is 289 g/mol. The fraction of sp³-hybridized carbons (Fsp3) is 0.214. The minimum atomic E-state index is 0.542. The number of halogens is 1. The van der Waals surface area contributed by atoms with Crippen LogP contribution in [-0.2, 0) is 12.8 Å². The molecular weight excluding hydrogens is 278 g/mol. The minimum absolute atomic E-state index is 0.542. The van der Waals surface area contributed by atoms with Crippen molar-refractivity contribution in [3.63, 3.8) is 0 Å². The Morgan fingerprint density at radius 1 is 1.32 bits per heavy atom. The molecule has 0 fully saturated rings. The van der Waals surface area contributed by atoms with E-state index in [9.17, 15) is 0 Å². The van der Waals surface area contributed by atoms with Crippen LogP contribution >= 0.6 is 22.9 Å². The van der Waals surface area contributed by atoms with Crippen LogP contribution in [0.4, 0.5) is 0 Å². The van der Waals surface area contributed by atoms with Crippen LogP contribution in [0.5, 0.6) is 0 Å². The van der Waals surface area contributed by atoms with E-state index in [-0.39, 0.29) is 0 Å². The molecule has 3 nitrogen and oxygen atoms in total. The smallest absolute Gasteiger partial charge is 0.141 e. The molecule has 0 radical (unpaired) electrons. The molecule has 0 N–H and O–H groups in total. The summed E-state index contributed by atoms with van der Waals surface area (Å²) in [6.07, 6.45) is 5.23. The fourth-order valence-corrected chi connectivity index (χ4v) is 3.20. The summed E-state index contributed by atoms with van der Waals surface area (Å²) in [7, 11) is 0. The summed E-state index contributed by atoms with van der Waals surface area (Å²) in [5.41, 5.74) is 1.09. The predicted molar refractivity (Wildman–Crippen MR) is 78.8 cm³/mol. The molecule has 0 aliphatic rings. The number of pyridine rings is 1. The van der Waals surface area contributed by atoms with Gasteiger partial charge in [0.05, 0.1) is 0 Å². The maximum atomic E-state index is 6.24. The maximum Gasteiger partial charge on any atom is 0.141 e. The Hall–Kier alpha value is -1.52. The third kappa shape index (κ3) is 2.60. The fourth-order valence-electron chi connectivity index (χ4n) is 1.92. The number of rotatable bonds is 3. The van der Waals surface area contributed by atoms with E-state index in [2.05, 4.69) is 27.9 Å². The number of thiophene rings is 1. The first kappa shape index (κ1) is 12.5. The van der Waals surface area contributed by atoms with E-state index in [4.69, 9.17) is 11.6 Å². The van der Waals surface area contributed by atoms with Crippen molar-refractivity contribution < 1.29 is 0 Å². The summed E-state index contributed by atoms with van der Waals surface area (Å²) in [6.45, 7) is 2.13. The molecule has 3 aromatic rings. The molecular formula is C14H12ClN3S. The molecule has 0 aromatic carbocycles. The summed E-state index contributed by atoms with van der Waals surface area (Å²) in [5, 5.41) is 1.50. The molecule has 96 valence electrons. The van der Waals surface area contributed by atoms with Gasteiger partial charge in [0.15, 0.2) is 0 Å². The van der Waals surface area contributed by atoms with E-state index in [1.54, 1.807) is 17.5 Å². The molecule has 0 saturated heterocycles. The summed E-state index contributed by atoms with van der Waals surface area (Å²) >= 11 is 7.92. The highest BCUT2D eigenvalue weighted by Crippen LogP contribution is 2.29. The molecule has 3 rings (SSSR count). The Bertz CT molecular complexity index is 709. The van der Waals surface area contributed by atoms with Crippen LogP contribution in [-0.4, -0.2) is 15.0 Å². The minimum Gasteiger partial charge on any atom is -0.264 e. The van der Waals surface area contributed by atoms with Crippen molar-refractivity contribution in [3.8, 4) is 0 Å².